The number of hydrogen-bond donors (Lipinski definition) is 1. The number of nitrogens with zero attached hydrogens (tertiary/aromatic N) is 3. The summed E-state index contributed by atoms with van der Waals surface area (Å²) in [4.78, 5) is 23.3. The molecule has 1 N–H and O–H groups in total. The highest BCUT2D eigenvalue weighted by atomic mass is 32.2. The van der Waals surface area contributed by atoms with Crippen molar-refractivity contribution in [2.75, 3.05) is 10.7 Å². The summed E-state index contributed by atoms with van der Waals surface area (Å²) in [6.45, 7) is 0. The molecular weight excluding hydrogens is 332 g/mol. The molecule has 0 saturated carbocycles. The van der Waals surface area contributed by atoms with Crippen molar-refractivity contribution in [3.05, 3.63) is 66.5 Å². The fourth-order valence-electron chi connectivity index (χ4n) is 3.36. The molecule has 2 aliphatic rings. The molecule has 2 aliphatic heterocycles. The largest absolute Gasteiger partial charge is 0.330 e. The van der Waals surface area contributed by atoms with Gasteiger partial charge in [0, 0.05) is 29.3 Å². The third-order valence-corrected chi connectivity index (χ3v) is 5.57. The van der Waals surface area contributed by atoms with Gasteiger partial charge in [-0.25, -0.2) is 9.78 Å². The van der Waals surface area contributed by atoms with Gasteiger partial charge in [0.15, 0.2) is 0 Å². The first-order valence-electron chi connectivity index (χ1n) is 8.05. The molecule has 4 heterocycles. The van der Waals surface area contributed by atoms with Crippen LogP contribution in [0.25, 0.3) is 11.3 Å². The minimum Gasteiger partial charge on any atom is -0.330 e. The van der Waals surface area contributed by atoms with Crippen molar-refractivity contribution in [2.45, 2.75) is 11.1 Å². The molecule has 25 heavy (non-hydrogen) atoms. The van der Waals surface area contributed by atoms with E-state index in [0.717, 1.165) is 39.0 Å². The van der Waals surface area contributed by atoms with E-state index in [1.54, 1.807) is 29.1 Å². The van der Waals surface area contributed by atoms with Crippen LogP contribution in [0.4, 0.5) is 16.2 Å². The standard InChI is InChI=1S/C19H14N4OS/c24-19-22-15-11-25-18-17(15)16(7-9-21-18)23(19)13-5-3-4-12(10-13)14-6-1-2-8-20-14/h1-10,15H,11H2,(H,22,24). The molecular formula is C19H14N4OS. The zero-order chi connectivity index (χ0) is 16.8. The van der Waals surface area contributed by atoms with E-state index in [4.69, 9.17) is 0 Å². The predicted octanol–water partition coefficient (Wildman–Crippen LogP) is 4.15. The van der Waals surface area contributed by atoms with E-state index in [-0.39, 0.29) is 12.1 Å². The quantitative estimate of drug-likeness (QED) is 0.757. The Labute approximate surface area is 149 Å². The van der Waals surface area contributed by atoms with Gasteiger partial charge in [-0.3, -0.25) is 9.88 Å². The van der Waals surface area contributed by atoms with Crippen LogP contribution < -0.4 is 10.2 Å². The number of benzene rings is 1. The molecule has 3 aromatic rings. The topological polar surface area (TPSA) is 58.1 Å². The van der Waals surface area contributed by atoms with Crippen LogP contribution in [0.15, 0.2) is 66.0 Å². The van der Waals surface area contributed by atoms with E-state index in [9.17, 15) is 4.79 Å². The Bertz CT molecular complexity index is 976. The zero-order valence-corrected chi connectivity index (χ0v) is 14.0. The Kier molecular flexibility index (Phi) is 3.24. The van der Waals surface area contributed by atoms with Crippen LogP contribution in [0.1, 0.15) is 11.6 Å². The molecule has 2 aromatic heterocycles. The number of carbonyl (C=O) groups excluding carboxylic acids is 1. The van der Waals surface area contributed by atoms with Crippen molar-refractivity contribution in [1.29, 1.82) is 0 Å². The molecule has 0 bridgehead atoms. The fraction of sp³-hybridized carbons (Fsp3) is 0.105. The number of rotatable bonds is 2. The number of pyridine rings is 2. The molecule has 122 valence electrons. The molecule has 0 fully saturated rings. The lowest BCUT2D eigenvalue weighted by Crippen LogP contribution is -2.44. The van der Waals surface area contributed by atoms with Crippen LogP contribution >= 0.6 is 11.8 Å². The van der Waals surface area contributed by atoms with E-state index < -0.39 is 0 Å². The molecule has 0 saturated heterocycles. The maximum atomic E-state index is 12.8. The second-order valence-corrected chi connectivity index (χ2v) is 6.97. The van der Waals surface area contributed by atoms with Crippen molar-refractivity contribution in [3.63, 3.8) is 0 Å². The van der Waals surface area contributed by atoms with Crippen LogP contribution in [0, 0.1) is 0 Å². The summed E-state index contributed by atoms with van der Waals surface area (Å²) in [6.07, 6.45) is 3.55. The predicted molar refractivity (Wildman–Crippen MR) is 98.0 cm³/mol. The average Bonchev–Trinajstić information content (AvgIpc) is 3.07. The molecule has 2 amide bonds. The summed E-state index contributed by atoms with van der Waals surface area (Å²) >= 11 is 1.69. The number of carbonyl (C=O) groups is 1. The maximum Gasteiger partial charge on any atom is 0.327 e. The summed E-state index contributed by atoms with van der Waals surface area (Å²) in [7, 11) is 0. The first-order chi connectivity index (χ1) is 12.3. The molecule has 0 aliphatic carbocycles. The van der Waals surface area contributed by atoms with Crippen LogP contribution in [-0.4, -0.2) is 21.8 Å². The average molecular weight is 346 g/mol. The number of hydrogen-bond acceptors (Lipinski definition) is 4. The molecule has 0 radical (unpaired) electrons. The highest BCUT2D eigenvalue weighted by molar-refractivity contribution is 7.99. The number of thioether (sulfide) groups is 1. The van der Waals surface area contributed by atoms with Gasteiger partial charge in [0.2, 0.25) is 0 Å². The summed E-state index contributed by atoms with van der Waals surface area (Å²) < 4.78 is 0. The Morgan fingerprint density at radius 3 is 2.92 bits per heavy atom. The van der Waals surface area contributed by atoms with Gasteiger partial charge in [-0.1, -0.05) is 18.2 Å². The SMILES string of the molecule is O=C1NC2CSc3nccc(c32)N1c1cccc(-c2ccccn2)c1. The number of aromatic nitrogens is 2. The monoisotopic (exact) mass is 346 g/mol. The van der Waals surface area contributed by atoms with Gasteiger partial charge in [0.25, 0.3) is 0 Å². The van der Waals surface area contributed by atoms with Crippen molar-refractivity contribution >= 4 is 29.2 Å². The molecule has 0 spiro atoms. The number of anilines is 2. The van der Waals surface area contributed by atoms with Gasteiger partial charge in [-0.15, -0.1) is 11.8 Å². The lowest BCUT2D eigenvalue weighted by atomic mass is 10.0. The molecule has 1 atom stereocenters. The van der Waals surface area contributed by atoms with Crippen molar-refractivity contribution in [3.8, 4) is 11.3 Å². The van der Waals surface area contributed by atoms with E-state index in [1.165, 1.54) is 0 Å². The zero-order valence-electron chi connectivity index (χ0n) is 13.2. The van der Waals surface area contributed by atoms with Gasteiger partial charge in [-0.2, -0.15) is 0 Å². The van der Waals surface area contributed by atoms with Crippen molar-refractivity contribution in [2.24, 2.45) is 0 Å². The van der Waals surface area contributed by atoms with E-state index >= 15 is 0 Å². The molecule has 5 nitrogen and oxygen atoms in total. The number of urea groups is 1. The van der Waals surface area contributed by atoms with Gasteiger partial charge >= 0.3 is 6.03 Å². The Balaban J connectivity index is 1.64. The first kappa shape index (κ1) is 14.5. The molecule has 5 rings (SSSR count). The van der Waals surface area contributed by atoms with Crippen LogP contribution in [0.5, 0.6) is 0 Å². The van der Waals surface area contributed by atoms with Gasteiger partial charge in [-0.05, 0) is 30.3 Å². The van der Waals surface area contributed by atoms with E-state index in [1.807, 2.05) is 48.5 Å². The maximum absolute atomic E-state index is 12.8. The first-order valence-corrected chi connectivity index (χ1v) is 9.03. The van der Waals surface area contributed by atoms with Gasteiger partial charge < -0.3 is 5.32 Å². The second-order valence-electron chi connectivity index (χ2n) is 5.96. The molecule has 1 unspecified atom stereocenters. The normalized spacial score (nSPS) is 18.0. The Morgan fingerprint density at radius 2 is 2.04 bits per heavy atom. The lowest BCUT2D eigenvalue weighted by Gasteiger charge is -2.32. The van der Waals surface area contributed by atoms with Crippen LogP contribution in [0.3, 0.4) is 0 Å². The summed E-state index contributed by atoms with van der Waals surface area (Å²) in [5.41, 5.74) is 4.73. The minimum atomic E-state index is -0.102. The van der Waals surface area contributed by atoms with Crippen molar-refractivity contribution in [1.82, 2.24) is 15.3 Å². The third-order valence-electron chi connectivity index (χ3n) is 4.47. The molecule has 6 heteroatoms. The van der Waals surface area contributed by atoms with E-state index in [0.29, 0.717) is 0 Å². The number of nitrogens with one attached hydrogen (secondary N) is 1. The minimum absolute atomic E-state index is 0.0476. The summed E-state index contributed by atoms with van der Waals surface area (Å²) in [5.74, 6) is 0.840. The Morgan fingerprint density at radius 1 is 1.08 bits per heavy atom. The second kappa shape index (κ2) is 5.60. The highest BCUT2D eigenvalue weighted by Gasteiger charge is 2.37. The van der Waals surface area contributed by atoms with Gasteiger partial charge in [0.05, 0.1) is 23.1 Å². The summed E-state index contributed by atoms with van der Waals surface area (Å²) in [5, 5.41) is 4.10. The fourth-order valence-corrected chi connectivity index (χ4v) is 4.47. The highest BCUT2D eigenvalue weighted by Crippen LogP contribution is 2.46. The third kappa shape index (κ3) is 2.29. The summed E-state index contributed by atoms with van der Waals surface area (Å²) in [6, 6.07) is 15.6. The molecule has 1 aromatic carbocycles. The van der Waals surface area contributed by atoms with Gasteiger partial charge in [0.1, 0.15) is 5.03 Å². The Hall–Kier alpha value is -2.86. The van der Waals surface area contributed by atoms with Crippen molar-refractivity contribution < 1.29 is 4.79 Å². The lowest BCUT2D eigenvalue weighted by molar-refractivity contribution is 0.244. The van der Waals surface area contributed by atoms with Crippen LogP contribution in [0.2, 0.25) is 0 Å². The van der Waals surface area contributed by atoms with Crippen LogP contribution in [-0.2, 0) is 0 Å². The number of amides is 2. The van der Waals surface area contributed by atoms with E-state index in [2.05, 4.69) is 15.3 Å². The smallest absolute Gasteiger partial charge is 0.327 e.